The molecular weight excluding hydrogens is 568 g/mol. The molecule has 2 fully saturated rings. The van der Waals surface area contributed by atoms with E-state index >= 15 is 0 Å². The zero-order valence-corrected chi connectivity index (χ0v) is 26.8. The number of hydrogen-bond donors (Lipinski definition) is 2. The maximum atomic E-state index is 12.4. The standard InChI is InChI=1S/C35H40N6O2S/c1-22(2)34(42)37-30-14-13-28(20-23(30)3)41-33(32(38-35(41)44)31-8-6-7-15-36-31)29-21-24(4)40(25(29)5)27-11-9-26(10-12-27)39-16-18-43-19-17-39/h6-15,20-22,32-33H,16-19H2,1-5H3,(H,37,42)(H,38,44)/t32-,33-/m0/s1. The fraction of sp³-hybridized carbons (Fsp3) is 0.343. The van der Waals surface area contributed by atoms with Gasteiger partial charge in [0.25, 0.3) is 0 Å². The lowest BCUT2D eigenvalue weighted by molar-refractivity contribution is -0.118. The van der Waals surface area contributed by atoms with Gasteiger partial charge >= 0.3 is 0 Å². The lowest BCUT2D eigenvalue weighted by Gasteiger charge is -2.29. The highest BCUT2D eigenvalue weighted by atomic mass is 32.1. The van der Waals surface area contributed by atoms with E-state index in [-0.39, 0.29) is 23.9 Å². The molecule has 1 amide bonds. The topological polar surface area (TPSA) is 74.7 Å². The van der Waals surface area contributed by atoms with Crippen molar-refractivity contribution in [3.63, 3.8) is 0 Å². The summed E-state index contributed by atoms with van der Waals surface area (Å²) < 4.78 is 7.86. The molecule has 2 atom stereocenters. The van der Waals surface area contributed by atoms with Crippen LogP contribution in [0.5, 0.6) is 0 Å². The Kier molecular flexibility index (Phi) is 8.42. The van der Waals surface area contributed by atoms with Gasteiger partial charge in [0.1, 0.15) is 0 Å². The van der Waals surface area contributed by atoms with Crippen molar-refractivity contribution in [3.05, 3.63) is 101 Å². The number of morpholine rings is 1. The van der Waals surface area contributed by atoms with E-state index in [1.807, 2.05) is 51.2 Å². The number of aromatic nitrogens is 2. The van der Waals surface area contributed by atoms with Crippen molar-refractivity contribution >= 4 is 40.3 Å². The second-order valence-corrected chi connectivity index (χ2v) is 12.3. The van der Waals surface area contributed by atoms with Crippen LogP contribution in [-0.2, 0) is 9.53 Å². The molecule has 8 nitrogen and oxygen atoms in total. The van der Waals surface area contributed by atoms with Crippen LogP contribution in [0.3, 0.4) is 0 Å². The van der Waals surface area contributed by atoms with Crippen LogP contribution in [0.2, 0.25) is 0 Å². The minimum Gasteiger partial charge on any atom is -0.378 e. The van der Waals surface area contributed by atoms with E-state index in [2.05, 4.69) is 81.3 Å². The van der Waals surface area contributed by atoms with Gasteiger partial charge in [0.15, 0.2) is 5.11 Å². The number of rotatable bonds is 7. The minimum absolute atomic E-state index is 0.00211. The summed E-state index contributed by atoms with van der Waals surface area (Å²) in [4.78, 5) is 21.7. The number of thiocarbonyl (C=S) groups is 1. The van der Waals surface area contributed by atoms with E-state index < -0.39 is 0 Å². The fourth-order valence-corrected chi connectivity index (χ4v) is 6.63. The first-order valence-electron chi connectivity index (χ1n) is 15.3. The molecule has 9 heteroatoms. The third-order valence-electron chi connectivity index (χ3n) is 8.64. The highest BCUT2D eigenvalue weighted by Crippen LogP contribution is 2.44. The number of nitrogens with zero attached hydrogens (tertiary/aromatic N) is 4. The smallest absolute Gasteiger partial charge is 0.226 e. The normalized spacial score (nSPS) is 18.5. The van der Waals surface area contributed by atoms with Crippen LogP contribution in [0, 0.1) is 26.7 Å². The molecule has 44 heavy (non-hydrogen) atoms. The second-order valence-electron chi connectivity index (χ2n) is 11.9. The molecule has 2 saturated heterocycles. The zero-order chi connectivity index (χ0) is 31.0. The molecule has 2 N–H and O–H groups in total. The first kappa shape index (κ1) is 29.8. The molecule has 0 bridgehead atoms. The number of amides is 1. The molecule has 0 unspecified atom stereocenters. The Morgan fingerprint density at radius 1 is 0.977 bits per heavy atom. The number of anilines is 3. The molecule has 0 saturated carbocycles. The highest BCUT2D eigenvalue weighted by Gasteiger charge is 2.42. The molecule has 4 heterocycles. The van der Waals surface area contributed by atoms with Gasteiger partial charge in [-0.15, -0.1) is 0 Å². The predicted molar refractivity (Wildman–Crippen MR) is 181 cm³/mol. The average Bonchev–Trinajstić information content (AvgIpc) is 3.53. The van der Waals surface area contributed by atoms with Gasteiger partial charge in [0.05, 0.1) is 31.0 Å². The van der Waals surface area contributed by atoms with Crippen molar-refractivity contribution < 1.29 is 9.53 Å². The molecule has 2 aliphatic rings. The van der Waals surface area contributed by atoms with E-state index in [0.717, 1.165) is 66.0 Å². The van der Waals surface area contributed by atoms with Crippen molar-refractivity contribution in [3.8, 4) is 5.69 Å². The van der Waals surface area contributed by atoms with E-state index in [1.54, 1.807) is 0 Å². The predicted octanol–water partition coefficient (Wildman–Crippen LogP) is 6.41. The lowest BCUT2D eigenvalue weighted by atomic mass is 9.96. The summed E-state index contributed by atoms with van der Waals surface area (Å²) in [6, 6.07) is 22.9. The summed E-state index contributed by atoms with van der Waals surface area (Å²) >= 11 is 6.01. The molecule has 228 valence electrons. The first-order chi connectivity index (χ1) is 21.2. The number of hydrogen-bond acceptors (Lipinski definition) is 5. The van der Waals surface area contributed by atoms with Crippen LogP contribution < -0.4 is 20.4 Å². The number of benzene rings is 2. The maximum Gasteiger partial charge on any atom is 0.226 e. The van der Waals surface area contributed by atoms with Crippen LogP contribution in [0.1, 0.15) is 54.1 Å². The SMILES string of the molecule is Cc1cc(N2C(=S)N[C@@H](c3ccccn3)[C@@H]2c2cc(C)n(-c3ccc(N4CCOCC4)cc3)c2C)ccc1NC(=O)C(C)C. The molecule has 0 aliphatic carbocycles. The molecular formula is C35H40N6O2S. The summed E-state index contributed by atoms with van der Waals surface area (Å²) in [6.07, 6.45) is 1.83. The summed E-state index contributed by atoms with van der Waals surface area (Å²) in [5.74, 6) is -0.100. The Morgan fingerprint density at radius 2 is 1.68 bits per heavy atom. The Balaban J connectivity index is 1.39. The van der Waals surface area contributed by atoms with E-state index in [9.17, 15) is 4.79 Å². The van der Waals surface area contributed by atoms with E-state index in [0.29, 0.717) is 5.11 Å². The average molecular weight is 609 g/mol. The van der Waals surface area contributed by atoms with Gasteiger partial charge in [-0.1, -0.05) is 19.9 Å². The second kappa shape index (κ2) is 12.4. The quantitative estimate of drug-likeness (QED) is 0.235. The van der Waals surface area contributed by atoms with Crippen LogP contribution >= 0.6 is 12.2 Å². The zero-order valence-electron chi connectivity index (χ0n) is 26.0. The molecule has 0 spiro atoms. The molecule has 4 aromatic rings. The number of ether oxygens (including phenoxy) is 1. The summed E-state index contributed by atoms with van der Waals surface area (Å²) in [5, 5.41) is 7.28. The third-order valence-corrected chi connectivity index (χ3v) is 8.96. The summed E-state index contributed by atoms with van der Waals surface area (Å²) in [7, 11) is 0. The van der Waals surface area contributed by atoms with Gasteiger partial charge in [0, 0.05) is 59.3 Å². The minimum atomic E-state index is -0.151. The monoisotopic (exact) mass is 608 g/mol. The summed E-state index contributed by atoms with van der Waals surface area (Å²) in [6.45, 7) is 13.5. The van der Waals surface area contributed by atoms with E-state index in [1.165, 1.54) is 11.3 Å². The van der Waals surface area contributed by atoms with Gasteiger partial charge in [0.2, 0.25) is 5.91 Å². The van der Waals surface area contributed by atoms with Crippen molar-refractivity contribution in [2.24, 2.45) is 5.92 Å². The van der Waals surface area contributed by atoms with Gasteiger partial charge in [-0.25, -0.2) is 0 Å². The lowest BCUT2D eigenvalue weighted by Crippen LogP contribution is -2.36. The first-order valence-corrected chi connectivity index (χ1v) is 15.7. The number of nitrogens with one attached hydrogen (secondary N) is 2. The number of aryl methyl sites for hydroxylation is 2. The molecule has 2 aromatic heterocycles. The van der Waals surface area contributed by atoms with Crippen molar-refractivity contribution in [1.82, 2.24) is 14.9 Å². The van der Waals surface area contributed by atoms with Crippen LogP contribution in [0.15, 0.2) is 72.9 Å². The molecule has 2 aliphatic heterocycles. The Hall–Kier alpha value is -4.21. The largest absolute Gasteiger partial charge is 0.378 e. The highest BCUT2D eigenvalue weighted by molar-refractivity contribution is 7.80. The Morgan fingerprint density at radius 3 is 2.34 bits per heavy atom. The van der Waals surface area contributed by atoms with Crippen LogP contribution in [-0.4, -0.2) is 46.9 Å². The fourth-order valence-electron chi connectivity index (χ4n) is 6.28. The van der Waals surface area contributed by atoms with Gasteiger partial charge in [-0.3, -0.25) is 9.78 Å². The van der Waals surface area contributed by atoms with Crippen molar-refractivity contribution in [2.75, 3.05) is 41.4 Å². The number of carbonyl (C=O) groups is 1. The van der Waals surface area contributed by atoms with Crippen LogP contribution in [0.25, 0.3) is 5.69 Å². The molecule has 2 aromatic carbocycles. The maximum absolute atomic E-state index is 12.4. The van der Waals surface area contributed by atoms with Crippen molar-refractivity contribution in [1.29, 1.82) is 0 Å². The molecule has 0 radical (unpaired) electrons. The Bertz CT molecular complexity index is 1660. The Labute approximate surface area is 265 Å². The number of carbonyl (C=O) groups excluding carboxylic acids is 1. The third kappa shape index (κ3) is 5.69. The van der Waals surface area contributed by atoms with Crippen molar-refractivity contribution in [2.45, 2.75) is 46.7 Å². The molecule has 6 rings (SSSR count). The van der Waals surface area contributed by atoms with Gasteiger partial charge in [-0.2, -0.15) is 0 Å². The van der Waals surface area contributed by atoms with Gasteiger partial charge < -0.3 is 29.7 Å². The summed E-state index contributed by atoms with van der Waals surface area (Å²) in [5.41, 5.74) is 9.50. The van der Waals surface area contributed by atoms with Crippen LogP contribution in [0.4, 0.5) is 17.1 Å². The van der Waals surface area contributed by atoms with Gasteiger partial charge in [-0.05, 0) is 105 Å². The van der Waals surface area contributed by atoms with E-state index in [4.69, 9.17) is 21.9 Å². The number of pyridine rings is 1.